The fourth-order valence-corrected chi connectivity index (χ4v) is 4.12. The van der Waals surface area contributed by atoms with Crippen LogP contribution < -0.4 is 0 Å². The molecule has 1 heterocycles. The molecule has 0 aromatic heterocycles. The molecule has 0 unspecified atom stereocenters. The van der Waals surface area contributed by atoms with Crippen LogP contribution in [0.1, 0.15) is 32.6 Å². The van der Waals surface area contributed by atoms with Gasteiger partial charge in [0.15, 0.2) is 0 Å². The van der Waals surface area contributed by atoms with Crippen molar-refractivity contribution in [3.63, 3.8) is 0 Å². The number of rotatable bonds is 6. The second kappa shape index (κ2) is 5.17. The molecule has 0 N–H and O–H groups in total. The molecule has 0 atom stereocenters. The molecule has 0 radical (unpaired) electrons. The Morgan fingerprint density at radius 1 is 1.33 bits per heavy atom. The van der Waals surface area contributed by atoms with Crippen molar-refractivity contribution in [2.45, 2.75) is 37.9 Å². The quantitative estimate of drug-likeness (QED) is 0.715. The standard InChI is InChI=1S/C12H22N2O3S/c1-3-4-7-13(2)12(15)10-8-14(9-10)18(16,17)11-5-6-11/h10-11H,3-9H2,1-2H3. The van der Waals surface area contributed by atoms with E-state index in [1.54, 1.807) is 11.9 Å². The average molecular weight is 274 g/mol. The molecule has 5 nitrogen and oxygen atoms in total. The molecule has 1 aliphatic carbocycles. The molecule has 2 fully saturated rings. The molecule has 0 spiro atoms. The Morgan fingerprint density at radius 2 is 1.94 bits per heavy atom. The van der Waals surface area contributed by atoms with E-state index in [1.165, 1.54) is 4.31 Å². The van der Waals surface area contributed by atoms with E-state index in [4.69, 9.17) is 0 Å². The van der Waals surface area contributed by atoms with Gasteiger partial charge >= 0.3 is 0 Å². The third-order valence-electron chi connectivity index (χ3n) is 3.73. The Labute approximate surface area is 109 Å². The number of hydrogen-bond donors (Lipinski definition) is 0. The van der Waals surface area contributed by atoms with Crippen LogP contribution in [0.25, 0.3) is 0 Å². The number of nitrogens with zero attached hydrogens (tertiary/aromatic N) is 2. The van der Waals surface area contributed by atoms with Gasteiger partial charge in [-0.1, -0.05) is 13.3 Å². The van der Waals surface area contributed by atoms with E-state index >= 15 is 0 Å². The van der Waals surface area contributed by atoms with Gasteiger partial charge in [0.2, 0.25) is 15.9 Å². The van der Waals surface area contributed by atoms with Crippen molar-refractivity contribution in [3.8, 4) is 0 Å². The maximum Gasteiger partial charge on any atom is 0.228 e. The summed E-state index contributed by atoms with van der Waals surface area (Å²) in [6.07, 6.45) is 3.63. The van der Waals surface area contributed by atoms with E-state index < -0.39 is 10.0 Å². The number of unbranched alkanes of at least 4 members (excludes halogenated alkanes) is 1. The molecule has 1 saturated carbocycles. The molecule has 1 aliphatic heterocycles. The first-order chi connectivity index (χ1) is 8.46. The van der Waals surface area contributed by atoms with E-state index in [0.717, 1.165) is 32.2 Å². The Balaban J connectivity index is 1.80. The van der Waals surface area contributed by atoms with Crippen LogP contribution in [0.2, 0.25) is 0 Å². The normalized spacial score (nSPS) is 21.7. The van der Waals surface area contributed by atoms with Crippen LogP contribution in [-0.2, 0) is 14.8 Å². The van der Waals surface area contributed by atoms with Crippen molar-refractivity contribution >= 4 is 15.9 Å². The van der Waals surface area contributed by atoms with Crippen LogP contribution in [0.4, 0.5) is 0 Å². The predicted molar refractivity (Wildman–Crippen MR) is 69.5 cm³/mol. The average Bonchev–Trinajstić information content (AvgIpc) is 3.06. The lowest BCUT2D eigenvalue weighted by Gasteiger charge is -2.38. The molecular formula is C12H22N2O3S. The summed E-state index contributed by atoms with van der Waals surface area (Å²) in [5.41, 5.74) is 0. The molecule has 0 aromatic carbocycles. The van der Waals surface area contributed by atoms with Gasteiger partial charge in [-0.25, -0.2) is 8.42 Å². The minimum absolute atomic E-state index is 0.0886. The van der Waals surface area contributed by atoms with Crippen molar-refractivity contribution in [2.24, 2.45) is 5.92 Å². The van der Waals surface area contributed by atoms with Gasteiger partial charge in [0.1, 0.15) is 0 Å². The van der Waals surface area contributed by atoms with E-state index in [9.17, 15) is 13.2 Å². The Bertz CT molecular complexity index is 411. The summed E-state index contributed by atoms with van der Waals surface area (Å²) in [5.74, 6) is -0.0360. The first-order valence-corrected chi connectivity index (χ1v) is 8.21. The number of hydrogen-bond acceptors (Lipinski definition) is 3. The number of amides is 1. The zero-order valence-corrected chi connectivity index (χ0v) is 11.9. The molecule has 2 rings (SSSR count). The highest BCUT2D eigenvalue weighted by atomic mass is 32.2. The fourth-order valence-electron chi connectivity index (χ4n) is 2.20. The first kappa shape index (κ1) is 13.8. The topological polar surface area (TPSA) is 57.7 Å². The highest BCUT2D eigenvalue weighted by Gasteiger charge is 2.47. The molecule has 18 heavy (non-hydrogen) atoms. The maximum atomic E-state index is 12.0. The first-order valence-electron chi connectivity index (χ1n) is 6.70. The van der Waals surface area contributed by atoms with Crippen LogP contribution in [0.5, 0.6) is 0 Å². The minimum Gasteiger partial charge on any atom is -0.345 e. The summed E-state index contributed by atoms with van der Waals surface area (Å²) in [5, 5.41) is -0.161. The van der Waals surface area contributed by atoms with E-state index in [0.29, 0.717) is 13.1 Å². The Hall–Kier alpha value is -0.620. The lowest BCUT2D eigenvalue weighted by Crippen LogP contribution is -2.56. The lowest BCUT2D eigenvalue weighted by molar-refractivity contribution is -0.137. The summed E-state index contributed by atoms with van der Waals surface area (Å²) >= 11 is 0. The molecule has 2 aliphatic rings. The second-order valence-corrected chi connectivity index (χ2v) is 7.58. The predicted octanol–water partition coefficient (Wildman–Crippen LogP) is 0.669. The summed E-state index contributed by atoms with van der Waals surface area (Å²) < 4.78 is 25.2. The number of carbonyl (C=O) groups is 1. The summed E-state index contributed by atoms with van der Waals surface area (Å²) in [4.78, 5) is 13.7. The third-order valence-corrected chi connectivity index (χ3v) is 6.06. The van der Waals surface area contributed by atoms with Gasteiger partial charge in [0.25, 0.3) is 0 Å². The minimum atomic E-state index is -3.08. The van der Waals surface area contributed by atoms with Crippen LogP contribution >= 0.6 is 0 Å². The van der Waals surface area contributed by atoms with E-state index in [1.807, 2.05) is 0 Å². The maximum absolute atomic E-state index is 12.0. The Morgan fingerprint density at radius 3 is 2.44 bits per heavy atom. The fraction of sp³-hybridized carbons (Fsp3) is 0.917. The van der Waals surface area contributed by atoms with Crippen LogP contribution in [0, 0.1) is 5.92 Å². The van der Waals surface area contributed by atoms with Gasteiger partial charge in [-0.15, -0.1) is 0 Å². The Kier molecular flexibility index (Phi) is 3.96. The zero-order valence-electron chi connectivity index (χ0n) is 11.1. The number of sulfonamides is 1. The van der Waals surface area contributed by atoms with Gasteiger partial charge in [0, 0.05) is 26.7 Å². The highest BCUT2D eigenvalue weighted by molar-refractivity contribution is 7.90. The van der Waals surface area contributed by atoms with Gasteiger partial charge in [-0.05, 0) is 19.3 Å². The highest BCUT2D eigenvalue weighted by Crippen LogP contribution is 2.34. The van der Waals surface area contributed by atoms with Crippen molar-refractivity contribution < 1.29 is 13.2 Å². The summed E-state index contributed by atoms with van der Waals surface area (Å²) in [6.45, 7) is 3.62. The van der Waals surface area contributed by atoms with Gasteiger partial charge in [-0.3, -0.25) is 4.79 Å². The molecule has 1 amide bonds. The van der Waals surface area contributed by atoms with Crippen molar-refractivity contribution in [3.05, 3.63) is 0 Å². The largest absolute Gasteiger partial charge is 0.345 e. The molecule has 0 bridgehead atoms. The van der Waals surface area contributed by atoms with Crippen molar-refractivity contribution in [1.29, 1.82) is 0 Å². The van der Waals surface area contributed by atoms with Crippen LogP contribution in [0.15, 0.2) is 0 Å². The summed E-state index contributed by atoms with van der Waals surface area (Å²) in [6, 6.07) is 0. The van der Waals surface area contributed by atoms with Gasteiger partial charge in [0.05, 0.1) is 11.2 Å². The molecule has 1 saturated heterocycles. The molecule has 0 aromatic rings. The molecule has 6 heteroatoms. The monoisotopic (exact) mass is 274 g/mol. The number of carbonyl (C=O) groups excluding carboxylic acids is 1. The van der Waals surface area contributed by atoms with Crippen LogP contribution in [0.3, 0.4) is 0 Å². The molecular weight excluding hydrogens is 252 g/mol. The second-order valence-electron chi connectivity index (χ2n) is 5.37. The zero-order chi connectivity index (χ0) is 13.3. The molecule has 104 valence electrons. The lowest BCUT2D eigenvalue weighted by atomic mass is 10.0. The van der Waals surface area contributed by atoms with Gasteiger partial charge < -0.3 is 4.90 Å². The smallest absolute Gasteiger partial charge is 0.228 e. The third kappa shape index (κ3) is 2.69. The van der Waals surface area contributed by atoms with E-state index in [-0.39, 0.29) is 17.1 Å². The van der Waals surface area contributed by atoms with Crippen molar-refractivity contribution in [1.82, 2.24) is 9.21 Å². The van der Waals surface area contributed by atoms with Gasteiger partial charge in [-0.2, -0.15) is 4.31 Å². The summed E-state index contributed by atoms with van der Waals surface area (Å²) in [7, 11) is -1.27. The van der Waals surface area contributed by atoms with E-state index in [2.05, 4.69) is 6.92 Å². The SMILES string of the molecule is CCCCN(C)C(=O)C1CN(S(=O)(=O)C2CC2)C1. The van der Waals surface area contributed by atoms with Crippen molar-refractivity contribution in [2.75, 3.05) is 26.7 Å². The van der Waals surface area contributed by atoms with Crippen LogP contribution in [-0.4, -0.2) is 55.5 Å².